The highest BCUT2D eigenvalue weighted by Crippen LogP contribution is 2.23. The van der Waals surface area contributed by atoms with Gasteiger partial charge in [-0.25, -0.2) is 8.42 Å². The maximum absolute atomic E-state index is 12.4. The third-order valence-corrected chi connectivity index (χ3v) is 5.38. The Morgan fingerprint density at radius 2 is 1.85 bits per heavy atom. The molecule has 0 radical (unpaired) electrons. The number of carbonyl (C=O) groups excluding carboxylic acids is 1. The van der Waals surface area contributed by atoms with Crippen LogP contribution in [0.25, 0.3) is 0 Å². The molecule has 8 heteroatoms. The summed E-state index contributed by atoms with van der Waals surface area (Å²) in [5.74, 6) is 0.447. The molecule has 0 spiro atoms. The van der Waals surface area contributed by atoms with Crippen molar-refractivity contribution in [2.24, 2.45) is 0 Å². The van der Waals surface area contributed by atoms with Gasteiger partial charge in [0.1, 0.15) is 5.75 Å². The molecule has 0 atom stereocenters. The summed E-state index contributed by atoms with van der Waals surface area (Å²) in [5.41, 5.74) is 1.57. The van der Waals surface area contributed by atoms with Crippen LogP contribution in [0.2, 0.25) is 0 Å². The van der Waals surface area contributed by atoms with Crippen LogP contribution in [-0.4, -0.2) is 57.7 Å². The standard InChI is InChI=1S/C19H25N3O4S/c1-21(13-9-16-7-11-20-12-8-16)19(23)10-14-22(27(3,24)25)17-5-4-6-18(15-17)26-2/h4-8,11-12,15H,9-10,13-14H2,1-3H3. The first-order valence-electron chi connectivity index (χ1n) is 8.56. The predicted octanol–water partition coefficient (Wildman–Crippen LogP) is 1.95. The summed E-state index contributed by atoms with van der Waals surface area (Å²) >= 11 is 0. The Balaban J connectivity index is 1.98. The minimum absolute atomic E-state index is 0.0738. The highest BCUT2D eigenvalue weighted by Gasteiger charge is 2.20. The SMILES string of the molecule is COc1cccc(N(CCC(=O)N(C)CCc2ccncc2)S(C)(=O)=O)c1. The molecule has 0 aliphatic rings. The molecule has 0 fully saturated rings. The van der Waals surface area contributed by atoms with Gasteiger partial charge in [-0.15, -0.1) is 0 Å². The zero-order chi connectivity index (χ0) is 19.9. The molecule has 1 aromatic heterocycles. The van der Waals surface area contributed by atoms with Gasteiger partial charge in [0.05, 0.1) is 19.1 Å². The molecule has 0 saturated heterocycles. The number of benzene rings is 1. The van der Waals surface area contributed by atoms with E-state index >= 15 is 0 Å². The van der Waals surface area contributed by atoms with Crippen LogP contribution in [0, 0.1) is 0 Å². The molecule has 2 aromatic rings. The highest BCUT2D eigenvalue weighted by molar-refractivity contribution is 7.92. The minimum Gasteiger partial charge on any atom is -0.497 e. The Morgan fingerprint density at radius 3 is 2.48 bits per heavy atom. The van der Waals surface area contributed by atoms with Gasteiger partial charge in [-0.05, 0) is 36.2 Å². The second-order valence-corrected chi connectivity index (χ2v) is 8.11. The fraction of sp³-hybridized carbons (Fsp3) is 0.368. The van der Waals surface area contributed by atoms with Crippen molar-refractivity contribution in [2.75, 3.05) is 37.8 Å². The fourth-order valence-electron chi connectivity index (χ4n) is 2.61. The van der Waals surface area contributed by atoms with Gasteiger partial charge < -0.3 is 9.64 Å². The normalized spacial score (nSPS) is 11.1. The molecule has 2 rings (SSSR count). The van der Waals surface area contributed by atoms with E-state index in [0.717, 1.165) is 18.2 Å². The van der Waals surface area contributed by atoms with Crippen molar-refractivity contribution in [1.82, 2.24) is 9.88 Å². The van der Waals surface area contributed by atoms with Gasteiger partial charge >= 0.3 is 0 Å². The number of hydrogen-bond acceptors (Lipinski definition) is 5. The Labute approximate surface area is 160 Å². The molecule has 0 saturated carbocycles. The van der Waals surface area contributed by atoms with Gasteiger partial charge in [0.15, 0.2) is 0 Å². The van der Waals surface area contributed by atoms with Gasteiger partial charge in [-0.2, -0.15) is 0 Å². The van der Waals surface area contributed by atoms with Crippen LogP contribution in [0.1, 0.15) is 12.0 Å². The topological polar surface area (TPSA) is 79.8 Å². The van der Waals surface area contributed by atoms with E-state index in [-0.39, 0.29) is 18.9 Å². The number of ether oxygens (including phenoxy) is 1. The molecule has 0 bridgehead atoms. The Bertz CT molecular complexity index is 856. The summed E-state index contributed by atoms with van der Waals surface area (Å²) in [5, 5.41) is 0. The maximum atomic E-state index is 12.4. The van der Waals surface area contributed by atoms with Gasteiger partial charge in [-0.3, -0.25) is 14.1 Å². The van der Waals surface area contributed by atoms with Gasteiger partial charge in [0.25, 0.3) is 0 Å². The first-order chi connectivity index (χ1) is 12.8. The number of pyridine rings is 1. The molecular weight excluding hydrogens is 366 g/mol. The van der Waals surface area contributed by atoms with E-state index in [4.69, 9.17) is 4.74 Å². The number of likely N-dealkylation sites (N-methyl/N-ethyl adjacent to an activating group) is 1. The molecule has 0 aliphatic heterocycles. The largest absolute Gasteiger partial charge is 0.497 e. The third kappa shape index (κ3) is 6.25. The van der Waals surface area contributed by atoms with Crippen molar-refractivity contribution < 1.29 is 17.9 Å². The smallest absolute Gasteiger partial charge is 0.232 e. The van der Waals surface area contributed by atoms with E-state index in [2.05, 4.69) is 4.98 Å². The quantitative estimate of drug-likeness (QED) is 0.653. The highest BCUT2D eigenvalue weighted by atomic mass is 32.2. The van der Waals surface area contributed by atoms with Gasteiger partial charge in [-0.1, -0.05) is 6.07 Å². The summed E-state index contributed by atoms with van der Waals surface area (Å²) in [6, 6.07) is 10.6. The summed E-state index contributed by atoms with van der Waals surface area (Å²) < 4.78 is 30.7. The Kier molecular flexibility index (Phi) is 7.18. The first kappa shape index (κ1) is 20.7. The van der Waals surface area contributed by atoms with Gasteiger partial charge in [0.2, 0.25) is 15.9 Å². The average Bonchev–Trinajstić information content (AvgIpc) is 2.66. The van der Waals surface area contributed by atoms with Crippen LogP contribution < -0.4 is 9.04 Å². The first-order valence-corrected chi connectivity index (χ1v) is 10.4. The zero-order valence-corrected chi connectivity index (χ0v) is 16.6. The van der Waals surface area contributed by atoms with Crippen LogP contribution >= 0.6 is 0 Å². The monoisotopic (exact) mass is 391 g/mol. The summed E-state index contributed by atoms with van der Waals surface area (Å²) in [6.45, 7) is 0.630. The number of amides is 1. The minimum atomic E-state index is -3.52. The van der Waals surface area contributed by atoms with Crippen LogP contribution in [0.4, 0.5) is 5.69 Å². The van der Waals surface area contributed by atoms with Crippen molar-refractivity contribution in [3.8, 4) is 5.75 Å². The van der Waals surface area contributed by atoms with Crippen LogP contribution in [0.3, 0.4) is 0 Å². The van der Waals surface area contributed by atoms with Crippen molar-refractivity contribution in [2.45, 2.75) is 12.8 Å². The van der Waals surface area contributed by atoms with Crippen molar-refractivity contribution in [3.05, 3.63) is 54.4 Å². The number of anilines is 1. The third-order valence-electron chi connectivity index (χ3n) is 4.18. The predicted molar refractivity (Wildman–Crippen MR) is 105 cm³/mol. The Hall–Kier alpha value is -2.61. The molecule has 1 amide bonds. The van der Waals surface area contributed by atoms with Crippen molar-refractivity contribution in [1.29, 1.82) is 0 Å². The molecule has 0 aliphatic carbocycles. The van der Waals surface area contributed by atoms with E-state index in [0.29, 0.717) is 18.0 Å². The van der Waals surface area contributed by atoms with Crippen LogP contribution in [0.15, 0.2) is 48.8 Å². The second-order valence-electron chi connectivity index (χ2n) is 6.21. The molecule has 7 nitrogen and oxygen atoms in total. The number of rotatable bonds is 9. The van der Waals surface area contributed by atoms with E-state index in [1.807, 2.05) is 12.1 Å². The van der Waals surface area contributed by atoms with E-state index in [1.165, 1.54) is 11.4 Å². The molecule has 0 N–H and O–H groups in total. The summed E-state index contributed by atoms with van der Waals surface area (Å²) in [4.78, 5) is 18.0. The van der Waals surface area contributed by atoms with Crippen molar-refractivity contribution in [3.63, 3.8) is 0 Å². The second kappa shape index (κ2) is 9.36. The van der Waals surface area contributed by atoms with Crippen LogP contribution in [-0.2, 0) is 21.2 Å². The van der Waals surface area contributed by atoms with Crippen molar-refractivity contribution >= 4 is 21.6 Å². The van der Waals surface area contributed by atoms with E-state index in [9.17, 15) is 13.2 Å². The van der Waals surface area contributed by atoms with E-state index < -0.39 is 10.0 Å². The van der Waals surface area contributed by atoms with Crippen LogP contribution in [0.5, 0.6) is 5.75 Å². The molecule has 0 unspecified atom stereocenters. The lowest BCUT2D eigenvalue weighted by atomic mass is 10.2. The number of aromatic nitrogens is 1. The fourth-order valence-corrected chi connectivity index (χ4v) is 3.53. The zero-order valence-electron chi connectivity index (χ0n) is 15.8. The molecular formula is C19H25N3O4S. The maximum Gasteiger partial charge on any atom is 0.232 e. The lowest BCUT2D eigenvalue weighted by Crippen LogP contribution is -2.36. The average molecular weight is 391 g/mol. The molecule has 27 heavy (non-hydrogen) atoms. The van der Waals surface area contributed by atoms with Gasteiger partial charge in [0, 0.05) is 45.0 Å². The molecule has 146 valence electrons. The number of hydrogen-bond donors (Lipinski definition) is 0. The lowest BCUT2D eigenvalue weighted by molar-refractivity contribution is -0.129. The summed E-state index contributed by atoms with van der Waals surface area (Å²) in [6.07, 6.45) is 5.38. The lowest BCUT2D eigenvalue weighted by Gasteiger charge is -2.24. The Morgan fingerprint density at radius 1 is 1.15 bits per heavy atom. The number of methoxy groups -OCH3 is 1. The number of carbonyl (C=O) groups is 1. The summed E-state index contributed by atoms with van der Waals surface area (Å²) in [7, 11) is -0.278. The number of sulfonamides is 1. The molecule has 1 heterocycles. The van der Waals surface area contributed by atoms with E-state index in [1.54, 1.807) is 48.6 Å². The molecule has 1 aromatic carbocycles. The number of nitrogens with zero attached hydrogens (tertiary/aromatic N) is 3.